The molecule has 1 aromatic carbocycles. The lowest BCUT2D eigenvalue weighted by molar-refractivity contribution is -0.140. The molecule has 1 saturated heterocycles. The van der Waals surface area contributed by atoms with Crippen LogP contribution in [0.2, 0.25) is 0 Å². The average Bonchev–Trinajstić information content (AvgIpc) is 2.83. The van der Waals surface area contributed by atoms with Crippen molar-refractivity contribution in [2.45, 2.75) is 56.5 Å². The fourth-order valence-electron chi connectivity index (χ4n) is 6.33. The number of phenolic OH excluding ortho intramolecular Hbond substituents is 1. The SMILES string of the molecule is O=C1NC(Cc2ccc(O)cc2)C(=O)N1C12CC3CC(CC(C3)C1)C2. The first-order valence-corrected chi connectivity index (χ1v) is 9.45. The average molecular weight is 340 g/mol. The Morgan fingerprint density at radius 2 is 1.56 bits per heavy atom. The Hall–Kier alpha value is -2.04. The number of nitrogens with one attached hydrogen (secondary N) is 1. The highest BCUT2D eigenvalue weighted by Crippen LogP contribution is 2.58. The molecule has 0 radical (unpaired) electrons. The van der Waals surface area contributed by atoms with Crippen LogP contribution in [-0.4, -0.2) is 33.5 Å². The maximum absolute atomic E-state index is 13.1. The van der Waals surface area contributed by atoms with Crippen molar-refractivity contribution in [2.24, 2.45) is 17.8 Å². The van der Waals surface area contributed by atoms with Crippen LogP contribution in [0.4, 0.5) is 4.79 Å². The monoisotopic (exact) mass is 340 g/mol. The van der Waals surface area contributed by atoms with Gasteiger partial charge in [-0.05, 0) is 74.0 Å². The van der Waals surface area contributed by atoms with Gasteiger partial charge in [0.05, 0.1) is 5.54 Å². The maximum atomic E-state index is 13.1. The third-order valence-electron chi connectivity index (χ3n) is 6.88. The second kappa shape index (κ2) is 5.23. The Kier molecular flexibility index (Phi) is 3.19. The minimum absolute atomic E-state index is 0.0555. The molecule has 0 spiro atoms. The molecule has 5 aliphatic rings. The van der Waals surface area contributed by atoms with Crippen molar-refractivity contribution in [3.63, 3.8) is 0 Å². The van der Waals surface area contributed by atoms with Gasteiger partial charge in [0.15, 0.2) is 0 Å². The molecule has 3 amide bonds. The van der Waals surface area contributed by atoms with Crippen LogP contribution in [0.1, 0.15) is 44.1 Å². The molecule has 2 N–H and O–H groups in total. The van der Waals surface area contributed by atoms with E-state index >= 15 is 0 Å². The summed E-state index contributed by atoms with van der Waals surface area (Å²) in [5, 5.41) is 12.3. The van der Waals surface area contributed by atoms with Crippen molar-refractivity contribution in [2.75, 3.05) is 0 Å². The Bertz CT molecular complexity index is 692. The van der Waals surface area contributed by atoms with E-state index in [1.165, 1.54) is 19.3 Å². The number of aromatic hydroxyl groups is 1. The van der Waals surface area contributed by atoms with Gasteiger partial charge in [0.2, 0.25) is 0 Å². The molecule has 1 heterocycles. The summed E-state index contributed by atoms with van der Waals surface area (Å²) in [6.07, 6.45) is 7.37. The second-order valence-electron chi connectivity index (χ2n) is 8.69. The summed E-state index contributed by atoms with van der Waals surface area (Å²) < 4.78 is 0. The summed E-state index contributed by atoms with van der Waals surface area (Å²) in [5.74, 6) is 2.25. The van der Waals surface area contributed by atoms with Crippen molar-refractivity contribution >= 4 is 11.9 Å². The lowest BCUT2D eigenvalue weighted by atomic mass is 9.52. The highest BCUT2D eigenvalue weighted by molar-refractivity contribution is 6.05. The fourth-order valence-corrected chi connectivity index (χ4v) is 6.33. The number of hydrogen-bond donors (Lipinski definition) is 2. The van der Waals surface area contributed by atoms with Gasteiger partial charge in [-0.2, -0.15) is 0 Å². The first-order valence-electron chi connectivity index (χ1n) is 9.45. The number of urea groups is 1. The van der Waals surface area contributed by atoms with Gasteiger partial charge in [0.1, 0.15) is 11.8 Å². The van der Waals surface area contributed by atoms with Crippen molar-refractivity contribution in [1.82, 2.24) is 10.2 Å². The van der Waals surface area contributed by atoms with Crippen LogP contribution in [-0.2, 0) is 11.2 Å². The van der Waals surface area contributed by atoms with Crippen molar-refractivity contribution in [3.05, 3.63) is 29.8 Å². The zero-order chi connectivity index (χ0) is 17.2. The van der Waals surface area contributed by atoms with E-state index in [0.717, 1.165) is 24.8 Å². The van der Waals surface area contributed by atoms with Crippen LogP contribution in [0.25, 0.3) is 0 Å². The highest BCUT2D eigenvalue weighted by Gasteiger charge is 2.58. The van der Waals surface area contributed by atoms with Gasteiger partial charge in [-0.1, -0.05) is 12.1 Å². The normalized spacial score (nSPS) is 39.1. The number of imide groups is 1. The lowest BCUT2D eigenvalue weighted by Gasteiger charge is -2.58. The number of phenols is 1. The van der Waals surface area contributed by atoms with E-state index in [1.54, 1.807) is 17.0 Å². The quantitative estimate of drug-likeness (QED) is 0.831. The second-order valence-corrected chi connectivity index (χ2v) is 8.69. The number of hydrogen-bond acceptors (Lipinski definition) is 3. The van der Waals surface area contributed by atoms with Crippen LogP contribution < -0.4 is 5.32 Å². The predicted octanol–water partition coefficient (Wildman–Crippen LogP) is 2.82. The van der Waals surface area contributed by atoms with Crippen LogP contribution in [0, 0.1) is 17.8 Å². The van der Waals surface area contributed by atoms with E-state index in [9.17, 15) is 14.7 Å². The molecule has 25 heavy (non-hydrogen) atoms. The van der Waals surface area contributed by atoms with Crippen molar-refractivity contribution in [3.8, 4) is 5.75 Å². The molecule has 1 aliphatic heterocycles. The Labute approximate surface area is 147 Å². The third-order valence-corrected chi connectivity index (χ3v) is 6.88. The molecule has 1 unspecified atom stereocenters. The Morgan fingerprint density at radius 3 is 2.12 bits per heavy atom. The highest BCUT2D eigenvalue weighted by atomic mass is 16.3. The van der Waals surface area contributed by atoms with Gasteiger partial charge in [-0.15, -0.1) is 0 Å². The topological polar surface area (TPSA) is 69.6 Å². The molecule has 6 rings (SSSR count). The fraction of sp³-hybridized carbons (Fsp3) is 0.600. The molecule has 5 fully saturated rings. The van der Waals surface area contributed by atoms with E-state index in [2.05, 4.69) is 5.32 Å². The minimum Gasteiger partial charge on any atom is -0.508 e. The Morgan fingerprint density at radius 1 is 1.00 bits per heavy atom. The summed E-state index contributed by atoms with van der Waals surface area (Å²) in [7, 11) is 0. The van der Waals surface area contributed by atoms with Gasteiger partial charge in [0.25, 0.3) is 5.91 Å². The standard InChI is InChI=1S/C20H24N2O3/c23-16-3-1-12(2-4-16)8-17-18(24)22(19(25)21-17)20-9-13-5-14(10-20)7-15(6-13)11-20/h1-4,13-15,17,23H,5-11H2,(H,21,25). The van der Waals surface area contributed by atoms with E-state index < -0.39 is 6.04 Å². The Balaban J connectivity index is 1.39. The molecule has 0 aromatic heterocycles. The first-order chi connectivity index (χ1) is 12.0. The number of nitrogens with zero attached hydrogens (tertiary/aromatic N) is 1. The summed E-state index contributed by atoms with van der Waals surface area (Å²) in [6, 6.07) is 6.17. The zero-order valence-corrected chi connectivity index (χ0v) is 14.3. The molecule has 1 aromatic rings. The molecule has 4 saturated carbocycles. The summed E-state index contributed by atoms with van der Waals surface area (Å²) in [6.45, 7) is 0. The molecule has 4 bridgehead atoms. The van der Waals surface area contributed by atoms with Crippen LogP contribution in [0.15, 0.2) is 24.3 Å². The number of carbonyl (C=O) groups is 2. The first kappa shape index (κ1) is 15.2. The molecular weight excluding hydrogens is 316 g/mol. The van der Waals surface area contributed by atoms with Crippen molar-refractivity contribution in [1.29, 1.82) is 0 Å². The molecular formula is C20H24N2O3. The number of carbonyl (C=O) groups excluding carboxylic acids is 2. The predicted molar refractivity (Wildman–Crippen MR) is 91.9 cm³/mol. The molecule has 5 heteroatoms. The number of rotatable bonds is 3. The maximum Gasteiger partial charge on any atom is 0.325 e. The van der Waals surface area contributed by atoms with Gasteiger partial charge in [-0.25, -0.2) is 4.79 Å². The molecule has 1 atom stereocenters. The zero-order valence-electron chi connectivity index (χ0n) is 14.3. The van der Waals surface area contributed by atoms with Crippen LogP contribution in [0.3, 0.4) is 0 Å². The van der Waals surface area contributed by atoms with E-state index in [0.29, 0.717) is 24.2 Å². The van der Waals surface area contributed by atoms with Crippen LogP contribution in [0.5, 0.6) is 5.75 Å². The minimum atomic E-state index is -0.481. The summed E-state index contributed by atoms with van der Waals surface area (Å²) in [4.78, 5) is 27.4. The third kappa shape index (κ3) is 2.35. The van der Waals surface area contributed by atoms with Crippen molar-refractivity contribution < 1.29 is 14.7 Å². The number of benzene rings is 1. The number of amides is 3. The largest absolute Gasteiger partial charge is 0.508 e. The van der Waals surface area contributed by atoms with Gasteiger partial charge >= 0.3 is 6.03 Å². The van der Waals surface area contributed by atoms with E-state index in [4.69, 9.17) is 0 Å². The van der Waals surface area contributed by atoms with Crippen LogP contribution >= 0.6 is 0 Å². The lowest BCUT2D eigenvalue weighted by Crippen LogP contribution is -2.62. The van der Waals surface area contributed by atoms with E-state index in [1.807, 2.05) is 12.1 Å². The van der Waals surface area contributed by atoms with Gasteiger partial charge < -0.3 is 10.4 Å². The van der Waals surface area contributed by atoms with Gasteiger partial charge in [-0.3, -0.25) is 9.69 Å². The summed E-state index contributed by atoms with van der Waals surface area (Å²) >= 11 is 0. The summed E-state index contributed by atoms with van der Waals surface area (Å²) in [5.41, 5.74) is 0.725. The molecule has 4 aliphatic carbocycles. The molecule has 132 valence electrons. The smallest absolute Gasteiger partial charge is 0.325 e. The van der Waals surface area contributed by atoms with Gasteiger partial charge in [0, 0.05) is 6.42 Å². The van der Waals surface area contributed by atoms with E-state index in [-0.39, 0.29) is 23.2 Å². The molecule has 5 nitrogen and oxygen atoms in total.